The fraction of sp³-hybridized carbons (Fsp3) is 1.00. The first kappa shape index (κ1) is 13.4. The third-order valence-corrected chi connectivity index (χ3v) is 3.63. The first-order chi connectivity index (χ1) is 6.18. The molecule has 0 rings (SSSR count). The lowest BCUT2D eigenvalue weighted by atomic mass is 9.93. The van der Waals surface area contributed by atoms with Gasteiger partial charge in [-0.25, -0.2) is 0 Å². The van der Waals surface area contributed by atoms with Gasteiger partial charge in [-0.15, -0.1) is 0 Å². The van der Waals surface area contributed by atoms with Crippen molar-refractivity contribution in [1.29, 1.82) is 0 Å². The zero-order valence-electron chi connectivity index (χ0n) is 9.60. The molecule has 1 heteroatoms. The van der Waals surface area contributed by atoms with E-state index in [1.165, 1.54) is 51.4 Å². The Balaban J connectivity index is 3.57. The maximum atomic E-state index is 4.80. The van der Waals surface area contributed by atoms with Gasteiger partial charge in [-0.1, -0.05) is 52.9 Å². The summed E-state index contributed by atoms with van der Waals surface area (Å²) in [5.74, 6) is 0. The van der Waals surface area contributed by atoms with Crippen molar-refractivity contribution in [3.05, 3.63) is 0 Å². The van der Waals surface area contributed by atoms with Gasteiger partial charge in [0.1, 0.15) is 0 Å². The predicted molar refractivity (Wildman–Crippen MR) is 65.7 cm³/mol. The summed E-state index contributed by atoms with van der Waals surface area (Å²) in [5.41, 5.74) is 0. The number of hydrogen-bond donors (Lipinski definition) is 1. The van der Waals surface area contributed by atoms with Crippen LogP contribution in [0.15, 0.2) is 0 Å². The molecule has 0 aromatic heterocycles. The van der Waals surface area contributed by atoms with Gasteiger partial charge in [0.25, 0.3) is 0 Å². The Morgan fingerprint density at radius 2 is 1.54 bits per heavy atom. The molecular weight excluding hydrogens is 176 g/mol. The second-order valence-corrected chi connectivity index (χ2v) is 5.09. The number of thiol groups is 1. The van der Waals surface area contributed by atoms with Crippen LogP contribution in [-0.2, 0) is 0 Å². The van der Waals surface area contributed by atoms with E-state index in [4.69, 9.17) is 12.6 Å². The van der Waals surface area contributed by atoms with Crippen LogP contribution in [0.25, 0.3) is 0 Å². The lowest BCUT2D eigenvalue weighted by Gasteiger charge is -2.26. The molecule has 0 nitrogen and oxygen atoms in total. The zero-order chi connectivity index (χ0) is 10.2. The molecule has 80 valence electrons. The molecule has 0 amide bonds. The van der Waals surface area contributed by atoms with Gasteiger partial charge in [-0.3, -0.25) is 0 Å². The summed E-state index contributed by atoms with van der Waals surface area (Å²) >= 11 is 4.80. The average Bonchev–Trinajstić information content (AvgIpc) is 2.13. The molecule has 0 saturated carbocycles. The highest BCUT2D eigenvalue weighted by Gasteiger charge is 2.20. The highest BCUT2D eigenvalue weighted by Crippen LogP contribution is 2.31. The van der Waals surface area contributed by atoms with Crippen LogP contribution in [0.5, 0.6) is 0 Å². The Labute approximate surface area is 89.9 Å². The Morgan fingerprint density at radius 3 is 2.00 bits per heavy atom. The van der Waals surface area contributed by atoms with Crippen molar-refractivity contribution < 1.29 is 0 Å². The van der Waals surface area contributed by atoms with Gasteiger partial charge in [0.2, 0.25) is 0 Å². The van der Waals surface area contributed by atoms with E-state index in [0.29, 0.717) is 4.75 Å². The minimum atomic E-state index is 0.336. The molecule has 0 heterocycles. The van der Waals surface area contributed by atoms with Crippen molar-refractivity contribution in [2.75, 3.05) is 0 Å². The van der Waals surface area contributed by atoms with E-state index >= 15 is 0 Å². The van der Waals surface area contributed by atoms with E-state index in [-0.39, 0.29) is 0 Å². The molecule has 0 aromatic rings. The molecule has 0 N–H and O–H groups in total. The summed E-state index contributed by atoms with van der Waals surface area (Å²) in [5, 5.41) is 0. The van der Waals surface area contributed by atoms with Crippen molar-refractivity contribution >= 4 is 12.6 Å². The molecule has 0 spiro atoms. The maximum absolute atomic E-state index is 4.80. The third-order valence-electron chi connectivity index (χ3n) is 2.87. The lowest BCUT2D eigenvalue weighted by Crippen LogP contribution is -2.19. The third kappa shape index (κ3) is 6.42. The van der Waals surface area contributed by atoms with E-state index in [9.17, 15) is 0 Å². The van der Waals surface area contributed by atoms with E-state index in [1.54, 1.807) is 0 Å². The Hall–Kier alpha value is 0.350. The molecule has 0 aliphatic heterocycles. The van der Waals surface area contributed by atoms with Crippen LogP contribution in [0.2, 0.25) is 0 Å². The summed E-state index contributed by atoms with van der Waals surface area (Å²) in [6.07, 6.45) is 10.5. The van der Waals surface area contributed by atoms with Gasteiger partial charge in [0.15, 0.2) is 0 Å². The van der Waals surface area contributed by atoms with Crippen LogP contribution in [-0.4, -0.2) is 4.75 Å². The van der Waals surface area contributed by atoms with Crippen LogP contribution in [0.4, 0.5) is 0 Å². The number of rotatable bonds is 8. The molecule has 0 radical (unpaired) electrons. The molecule has 1 unspecified atom stereocenters. The number of hydrogen-bond acceptors (Lipinski definition) is 1. The van der Waals surface area contributed by atoms with Crippen molar-refractivity contribution in [3.63, 3.8) is 0 Å². The standard InChI is InChI=1S/C12H26S/c1-4-7-8-9-11-12(13,6-3)10-5-2/h13H,4-11H2,1-3H3. The van der Waals surface area contributed by atoms with E-state index in [1.807, 2.05) is 0 Å². The van der Waals surface area contributed by atoms with E-state index in [0.717, 1.165) is 0 Å². The van der Waals surface area contributed by atoms with E-state index in [2.05, 4.69) is 20.8 Å². The second kappa shape index (κ2) is 7.73. The van der Waals surface area contributed by atoms with Gasteiger partial charge >= 0.3 is 0 Å². The molecule has 0 bridgehead atoms. The topological polar surface area (TPSA) is 0 Å². The summed E-state index contributed by atoms with van der Waals surface area (Å²) in [6.45, 7) is 6.79. The molecule has 0 aromatic carbocycles. The van der Waals surface area contributed by atoms with Crippen molar-refractivity contribution in [2.24, 2.45) is 0 Å². The van der Waals surface area contributed by atoms with Gasteiger partial charge in [-0.05, 0) is 19.3 Å². The lowest BCUT2D eigenvalue weighted by molar-refractivity contribution is 0.457. The second-order valence-electron chi connectivity index (χ2n) is 4.14. The van der Waals surface area contributed by atoms with Crippen LogP contribution in [0, 0.1) is 0 Å². The zero-order valence-corrected chi connectivity index (χ0v) is 10.5. The van der Waals surface area contributed by atoms with E-state index < -0.39 is 0 Å². The molecular formula is C12H26S. The normalized spacial score (nSPS) is 15.7. The van der Waals surface area contributed by atoms with Crippen molar-refractivity contribution in [3.8, 4) is 0 Å². The Bertz CT molecular complexity index is 112. The van der Waals surface area contributed by atoms with Gasteiger partial charge in [-0.2, -0.15) is 12.6 Å². The molecule has 0 fully saturated rings. The monoisotopic (exact) mass is 202 g/mol. The average molecular weight is 202 g/mol. The summed E-state index contributed by atoms with van der Waals surface area (Å²) < 4.78 is 0.336. The summed E-state index contributed by atoms with van der Waals surface area (Å²) in [6, 6.07) is 0. The smallest absolute Gasteiger partial charge is 0.0127 e. The predicted octanol–water partition coefficient (Wildman–Crippen LogP) is 4.84. The van der Waals surface area contributed by atoms with Crippen LogP contribution in [0.1, 0.15) is 72.1 Å². The summed E-state index contributed by atoms with van der Waals surface area (Å²) in [4.78, 5) is 0. The van der Waals surface area contributed by atoms with Crippen LogP contribution >= 0.6 is 12.6 Å². The minimum Gasteiger partial charge on any atom is -0.173 e. The minimum absolute atomic E-state index is 0.336. The Morgan fingerprint density at radius 1 is 0.846 bits per heavy atom. The van der Waals surface area contributed by atoms with Crippen molar-refractivity contribution in [2.45, 2.75) is 76.9 Å². The first-order valence-corrected chi connectivity index (χ1v) is 6.35. The van der Waals surface area contributed by atoms with Crippen molar-refractivity contribution in [1.82, 2.24) is 0 Å². The van der Waals surface area contributed by atoms with Gasteiger partial charge < -0.3 is 0 Å². The molecule has 0 saturated heterocycles. The van der Waals surface area contributed by atoms with Crippen LogP contribution < -0.4 is 0 Å². The highest BCUT2D eigenvalue weighted by atomic mass is 32.1. The molecule has 0 aliphatic carbocycles. The quantitative estimate of drug-likeness (QED) is 0.423. The van der Waals surface area contributed by atoms with Gasteiger partial charge in [0.05, 0.1) is 0 Å². The SMILES string of the molecule is CCCCCCC(S)(CC)CCC. The largest absolute Gasteiger partial charge is 0.173 e. The Kier molecular flexibility index (Phi) is 7.93. The number of unbranched alkanes of at least 4 members (excludes halogenated alkanes) is 3. The maximum Gasteiger partial charge on any atom is 0.0127 e. The molecule has 13 heavy (non-hydrogen) atoms. The highest BCUT2D eigenvalue weighted by molar-refractivity contribution is 7.81. The summed E-state index contributed by atoms with van der Waals surface area (Å²) in [7, 11) is 0. The molecule has 0 aliphatic rings. The fourth-order valence-corrected chi connectivity index (χ4v) is 2.21. The van der Waals surface area contributed by atoms with Crippen LogP contribution in [0.3, 0.4) is 0 Å². The molecule has 1 atom stereocenters. The first-order valence-electron chi connectivity index (χ1n) is 5.91. The van der Waals surface area contributed by atoms with Gasteiger partial charge in [0, 0.05) is 4.75 Å². The fourth-order valence-electron chi connectivity index (χ4n) is 1.82.